The molecule has 1 aliphatic carbocycles. The van der Waals surface area contributed by atoms with Crippen molar-refractivity contribution in [2.24, 2.45) is 0 Å². The second-order valence-corrected chi connectivity index (χ2v) is 4.65. The van der Waals surface area contributed by atoms with Crippen LogP contribution in [0.3, 0.4) is 0 Å². The summed E-state index contributed by atoms with van der Waals surface area (Å²) in [7, 11) is 0. The fourth-order valence-corrected chi connectivity index (χ4v) is 1.88. The van der Waals surface area contributed by atoms with E-state index in [2.05, 4.69) is 10.2 Å². The van der Waals surface area contributed by atoms with E-state index in [1.165, 1.54) is 0 Å². The van der Waals surface area contributed by atoms with Crippen LogP contribution in [0.25, 0.3) is 0 Å². The van der Waals surface area contributed by atoms with Gasteiger partial charge in [0.15, 0.2) is 5.15 Å². The van der Waals surface area contributed by atoms with Crippen molar-refractivity contribution in [1.82, 2.24) is 10.2 Å². The SMILES string of the molecule is FC1(c2ccccc2Oc2ccc(Cl)nn2)CC1. The second kappa shape index (κ2) is 4.21. The number of hydrogen-bond acceptors (Lipinski definition) is 3. The number of para-hydroxylation sites is 1. The average molecular weight is 265 g/mol. The summed E-state index contributed by atoms with van der Waals surface area (Å²) in [5, 5.41) is 7.76. The van der Waals surface area contributed by atoms with Gasteiger partial charge in [0.05, 0.1) is 0 Å². The van der Waals surface area contributed by atoms with Gasteiger partial charge in [-0.1, -0.05) is 29.8 Å². The Morgan fingerprint density at radius 1 is 1.11 bits per heavy atom. The molecule has 3 rings (SSSR count). The number of alkyl halides is 1. The van der Waals surface area contributed by atoms with Crippen molar-refractivity contribution in [3.63, 3.8) is 0 Å². The van der Waals surface area contributed by atoms with Crippen molar-refractivity contribution in [1.29, 1.82) is 0 Å². The van der Waals surface area contributed by atoms with Gasteiger partial charge in [-0.25, -0.2) is 4.39 Å². The summed E-state index contributed by atoms with van der Waals surface area (Å²) < 4.78 is 19.7. The van der Waals surface area contributed by atoms with Crippen LogP contribution in [-0.2, 0) is 5.67 Å². The van der Waals surface area contributed by atoms with Crippen LogP contribution in [0, 0.1) is 0 Å². The van der Waals surface area contributed by atoms with Crippen LogP contribution in [0.2, 0.25) is 5.15 Å². The van der Waals surface area contributed by atoms with Gasteiger partial charge in [0, 0.05) is 11.6 Å². The normalized spacial score (nSPS) is 16.3. The van der Waals surface area contributed by atoms with Crippen LogP contribution >= 0.6 is 11.6 Å². The molecule has 92 valence electrons. The highest BCUT2D eigenvalue weighted by Gasteiger charge is 2.46. The Balaban J connectivity index is 1.91. The van der Waals surface area contributed by atoms with Gasteiger partial charge in [0.25, 0.3) is 0 Å². The van der Waals surface area contributed by atoms with E-state index in [4.69, 9.17) is 16.3 Å². The number of benzene rings is 1. The fourth-order valence-electron chi connectivity index (χ4n) is 1.78. The molecule has 1 saturated carbocycles. The molecule has 0 saturated heterocycles. The van der Waals surface area contributed by atoms with Crippen LogP contribution in [-0.4, -0.2) is 10.2 Å². The van der Waals surface area contributed by atoms with Crippen molar-refractivity contribution >= 4 is 11.6 Å². The zero-order valence-electron chi connectivity index (χ0n) is 9.44. The minimum atomic E-state index is -1.24. The molecule has 1 aliphatic rings. The monoisotopic (exact) mass is 264 g/mol. The number of aromatic nitrogens is 2. The molecule has 1 aromatic carbocycles. The lowest BCUT2D eigenvalue weighted by Gasteiger charge is -2.12. The first-order valence-corrected chi connectivity index (χ1v) is 6.01. The number of rotatable bonds is 3. The van der Waals surface area contributed by atoms with Crippen LogP contribution in [0.1, 0.15) is 18.4 Å². The van der Waals surface area contributed by atoms with Gasteiger partial charge in [-0.3, -0.25) is 0 Å². The third-order valence-corrected chi connectivity index (χ3v) is 3.08. The van der Waals surface area contributed by atoms with Gasteiger partial charge >= 0.3 is 0 Å². The maximum atomic E-state index is 14.1. The molecular formula is C13H10ClFN2O. The Labute approximate surface area is 109 Å². The molecule has 3 nitrogen and oxygen atoms in total. The number of hydrogen-bond donors (Lipinski definition) is 0. The van der Waals surface area contributed by atoms with E-state index in [0.717, 1.165) is 0 Å². The van der Waals surface area contributed by atoms with Crippen molar-refractivity contribution in [3.8, 4) is 11.6 Å². The summed E-state index contributed by atoms with van der Waals surface area (Å²) in [4.78, 5) is 0. The van der Waals surface area contributed by atoms with Crippen molar-refractivity contribution < 1.29 is 9.13 Å². The maximum absolute atomic E-state index is 14.1. The van der Waals surface area contributed by atoms with Crippen molar-refractivity contribution in [2.75, 3.05) is 0 Å². The summed E-state index contributed by atoms with van der Waals surface area (Å²) in [6.07, 6.45) is 1.08. The largest absolute Gasteiger partial charge is 0.437 e. The molecule has 0 unspecified atom stereocenters. The molecule has 0 radical (unpaired) electrons. The molecule has 1 heterocycles. The smallest absolute Gasteiger partial charge is 0.238 e. The van der Waals surface area contributed by atoms with Crippen LogP contribution in [0.15, 0.2) is 36.4 Å². The Kier molecular flexibility index (Phi) is 2.67. The van der Waals surface area contributed by atoms with E-state index >= 15 is 0 Å². The lowest BCUT2D eigenvalue weighted by molar-refractivity contribution is 0.306. The second-order valence-electron chi connectivity index (χ2n) is 4.26. The van der Waals surface area contributed by atoms with Crippen LogP contribution < -0.4 is 4.74 Å². The van der Waals surface area contributed by atoms with E-state index < -0.39 is 5.67 Å². The predicted molar refractivity (Wildman–Crippen MR) is 65.6 cm³/mol. The fraction of sp³-hybridized carbons (Fsp3) is 0.231. The summed E-state index contributed by atoms with van der Waals surface area (Å²) >= 11 is 5.64. The molecule has 0 spiro atoms. The lowest BCUT2D eigenvalue weighted by Crippen LogP contribution is -2.01. The standard InChI is InChI=1S/C13H10ClFN2O/c14-11-5-6-12(17-16-11)18-10-4-2-1-3-9(10)13(15)7-8-13/h1-6H,7-8H2. The highest BCUT2D eigenvalue weighted by molar-refractivity contribution is 6.29. The molecule has 2 aromatic rings. The van der Waals surface area contributed by atoms with Crippen LogP contribution in [0.4, 0.5) is 4.39 Å². The Morgan fingerprint density at radius 3 is 2.56 bits per heavy atom. The molecule has 0 bridgehead atoms. The van der Waals surface area contributed by atoms with Gasteiger partial charge in [0.2, 0.25) is 5.88 Å². The Hall–Kier alpha value is -1.68. The quantitative estimate of drug-likeness (QED) is 0.844. The summed E-state index contributed by atoms with van der Waals surface area (Å²) in [5.74, 6) is 0.783. The Bertz CT molecular complexity index is 569. The molecule has 1 aromatic heterocycles. The minimum absolute atomic E-state index is 0.291. The summed E-state index contributed by atoms with van der Waals surface area (Å²) in [6.45, 7) is 0. The molecule has 5 heteroatoms. The first-order chi connectivity index (χ1) is 8.67. The first kappa shape index (κ1) is 11.4. The number of halogens is 2. The molecule has 0 amide bonds. The molecule has 0 N–H and O–H groups in total. The molecular weight excluding hydrogens is 255 g/mol. The number of ether oxygens (including phenoxy) is 1. The highest BCUT2D eigenvalue weighted by Crippen LogP contribution is 2.52. The van der Waals surface area contributed by atoms with E-state index in [-0.39, 0.29) is 0 Å². The van der Waals surface area contributed by atoms with Gasteiger partial charge in [-0.2, -0.15) is 0 Å². The van der Waals surface area contributed by atoms with Gasteiger partial charge < -0.3 is 4.74 Å². The summed E-state index contributed by atoms with van der Waals surface area (Å²) in [5.41, 5.74) is -0.669. The third-order valence-electron chi connectivity index (χ3n) is 2.88. The Morgan fingerprint density at radius 2 is 1.89 bits per heavy atom. The van der Waals surface area contributed by atoms with E-state index in [1.807, 2.05) is 0 Å². The molecule has 0 aliphatic heterocycles. The summed E-state index contributed by atoms with van der Waals surface area (Å²) in [6, 6.07) is 10.2. The topological polar surface area (TPSA) is 35.0 Å². The molecule has 18 heavy (non-hydrogen) atoms. The lowest BCUT2D eigenvalue weighted by atomic mass is 10.1. The van der Waals surface area contributed by atoms with Gasteiger partial charge in [-0.15, -0.1) is 10.2 Å². The van der Waals surface area contributed by atoms with E-state index in [0.29, 0.717) is 35.2 Å². The van der Waals surface area contributed by atoms with Gasteiger partial charge in [0.1, 0.15) is 11.4 Å². The number of nitrogens with zero attached hydrogens (tertiary/aromatic N) is 2. The van der Waals surface area contributed by atoms with Gasteiger partial charge in [-0.05, 0) is 25.0 Å². The average Bonchev–Trinajstić information content (AvgIpc) is 3.12. The van der Waals surface area contributed by atoms with E-state index in [1.54, 1.807) is 36.4 Å². The van der Waals surface area contributed by atoms with E-state index in [9.17, 15) is 4.39 Å². The van der Waals surface area contributed by atoms with Crippen molar-refractivity contribution in [3.05, 3.63) is 47.1 Å². The van der Waals surface area contributed by atoms with Crippen molar-refractivity contribution in [2.45, 2.75) is 18.5 Å². The highest BCUT2D eigenvalue weighted by atomic mass is 35.5. The zero-order valence-corrected chi connectivity index (χ0v) is 10.2. The maximum Gasteiger partial charge on any atom is 0.238 e. The molecule has 1 fully saturated rings. The first-order valence-electron chi connectivity index (χ1n) is 5.63. The minimum Gasteiger partial charge on any atom is -0.437 e. The predicted octanol–water partition coefficient (Wildman–Crippen LogP) is 3.88. The molecule has 0 atom stereocenters. The third kappa shape index (κ3) is 2.16. The zero-order chi connectivity index (χ0) is 12.6. The van der Waals surface area contributed by atoms with Crippen LogP contribution in [0.5, 0.6) is 11.6 Å².